The zero-order chi connectivity index (χ0) is 24.2. The molecule has 2 aromatic carbocycles. The molecule has 9 heteroatoms. The highest BCUT2D eigenvalue weighted by molar-refractivity contribution is 6.04. The molecule has 0 atom stereocenters. The molecule has 1 amide bonds. The third-order valence-corrected chi connectivity index (χ3v) is 5.88. The maximum absolute atomic E-state index is 13.5. The van der Waals surface area contributed by atoms with E-state index >= 15 is 0 Å². The SMILES string of the molecule is CC(=O)Nc1cc(F)ccc1C(=O)CCCN1CCC(O)(c2cccc(C(F)(F)F)c2)CC1. The number of rotatable bonds is 7. The highest BCUT2D eigenvalue weighted by Crippen LogP contribution is 2.36. The Morgan fingerprint density at radius 2 is 1.82 bits per heavy atom. The van der Waals surface area contributed by atoms with Gasteiger partial charge in [-0.05, 0) is 61.7 Å². The number of anilines is 1. The second kappa shape index (κ2) is 10.0. The summed E-state index contributed by atoms with van der Waals surface area (Å²) in [5.41, 5.74) is -1.47. The van der Waals surface area contributed by atoms with Crippen molar-refractivity contribution >= 4 is 17.4 Å². The van der Waals surface area contributed by atoms with Crippen molar-refractivity contribution in [1.82, 2.24) is 4.90 Å². The maximum Gasteiger partial charge on any atom is 0.416 e. The Morgan fingerprint density at radius 1 is 1.12 bits per heavy atom. The molecule has 0 aliphatic carbocycles. The van der Waals surface area contributed by atoms with Gasteiger partial charge in [0.1, 0.15) is 5.82 Å². The van der Waals surface area contributed by atoms with Gasteiger partial charge in [-0.3, -0.25) is 9.59 Å². The van der Waals surface area contributed by atoms with E-state index in [0.717, 1.165) is 24.3 Å². The van der Waals surface area contributed by atoms with E-state index in [4.69, 9.17) is 0 Å². The normalized spacial score (nSPS) is 16.4. The first-order valence-corrected chi connectivity index (χ1v) is 10.7. The molecule has 0 aromatic heterocycles. The van der Waals surface area contributed by atoms with Gasteiger partial charge >= 0.3 is 6.18 Å². The predicted molar refractivity (Wildman–Crippen MR) is 115 cm³/mol. The van der Waals surface area contributed by atoms with Crippen LogP contribution in [0.3, 0.4) is 0 Å². The van der Waals surface area contributed by atoms with Gasteiger partial charge in [0.25, 0.3) is 0 Å². The Bertz CT molecular complexity index is 1020. The van der Waals surface area contributed by atoms with Crippen LogP contribution >= 0.6 is 0 Å². The van der Waals surface area contributed by atoms with Crippen LogP contribution in [0, 0.1) is 5.82 Å². The van der Waals surface area contributed by atoms with Crippen molar-refractivity contribution in [2.45, 2.75) is 44.4 Å². The van der Waals surface area contributed by atoms with Crippen molar-refractivity contribution in [2.24, 2.45) is 0 Å². The van der Waals surface area contributed by atoms with E-state index in [2.05, 4.69) is 10.2 Å². The third-order valence-electron chi connectivity index (χ3n) is 5.88. The first-order chi connectivity index (χ1) is 15.5. The van der Waals surface area contributed by atoms with Gasteiger partial charge in [0.15, 0.2) is 5.78 Å². The Balaban J connectivity index is 1.53. The molecular formula is C24H26F4N2O3. The monoisotopic (exact) mass is 466 g/mol. The molecule has 3 rings (SSSR count). The summed E-state index contributed by atoms with van der Waals surface area (Å²) in [4.78, 5) is 25.9. The van der Waals surface area contributed by atoms with Gasteiger partial charge in [-0.1, -0.05) is 12.1 Å². The summed E-state index contributed by atoms with van der Waals surface area (Å²) in [6, 6.07) is 8.42. The van der Waals surface area contributed by atoms with Crippen LogP contribution in [0.2, 0.25) is 0 Å². The van der Waals surface area contributed by atoms with Crippen molar-refractivity contribution < 1.29 is 32.3 Å². The van der Waals surface area contributed by atoms with Gasteiger partial charge < -0.3 is 15.3 Å². The molecule has 1 fully saturated rings. The van der Waals surface area contributed by atoms with Crippen LogP contribution in [0.25, 0.3) is 0 Å². The van der Waals surface area contributed by atoms with Gasteiger partial charge in [-0.2, -0.15) is 13.2 Å². The Morgan fingerprint density at radius 3 is 2.45 bits per heavy atom. The molecule has 1 heterocycles. The number of Topliss-reactive ketones (excluding diaryl/α,β-unsaturated/α-hetero) is 1. The molecule has 0 unspecified atom stereocenters. The van der Waals surface area contributed by atoms with Crippen LogP contribution in [0.5, 0.6) is 0 Å². The van der Waals surface area contributed by atoms with Crippen molar-refractivity contribution in [3.05, 3.63) is 65.0 Å². The van der Waals surface area contributed by atoms with Gasteiger partial charge in [0.2, 0.25) is 5.91 Å². The number of amides is 1. The highest BCUT2D eigenvalue weighted by atomic mass is 19.4. The fourth-order valence-electron chi connectivity index (χ4n) is 4.07. The lowest BCUT2D eigenvalue weighted by atomic mass is 9.83. The van der Waals surface area contributed by atoms with Gasteiger partial charge in [0, 0.05) is 32.0 Å². The predicted octanol–water partition coefficient (Wildman–Crippen LogP) is 4.75. The first-order valence-electron chi connectivity index (χ1n) is 10.7. The molecule has 1 aliphatic rings. The number of carbonyl (C=O) groups excluding carboxylic acids is 2. The van der Waals surface area contributed by atoms with Crippen LogP contribution in [0.1, 0.15) is 54.1 Å². The highest BCUT2D eigenvalue weighted by Gasteiger charge is 2.37. The van der Waals surface area contributed by atoms with E-state index in [1.165, 1.54) is 25.1 Å². The Labute approximate surface area is 189 Å². The van der Waals surface area contributed by atoms with E-state index in [-0.39, 0.29) is 41.9 Å². The lowest BCUT2D eigenvalue weighted by Crippen LogP contribution is -2.43. The first kappa shape index (κ1) is 24.9. The molecule has 0 saturated carbocycles. The number of likely N-dealkylation sites (tertiary alicyclic amines) is 1. The van der Waals surface area contributed by atoms with Gasteiger partial charge in [-0.15, -0.1) is 0 Å². The van der Waals surface area contributed by atoms with Gasteiger partial charge in [0.05, 0.1) is 16.9 Å². The number of hydrogen-bond acceptors (Lipinski definition) is 4. The van der Waals surface area contributed by atoms with E-state index in [1.807, 2.05) is 0 Å². The molecule has 5 nitrogen and oxygen atoms in total. The number of alkyl halides is 3. The van der Waals surface area contributed by atoms with Gasteiger partial charge in [-0.25, -0.2) is 4.39 Å². The quantitative estimate of drug-likeness (QED) is 0.457. The van der Waals surface area contributed by atoms with Crippen LogP contribution < -0.4 is 5.32 Å². The number of benzene rings is 2. The standard InChI is InChI=1S/C24H26F4N2O3/c1-16(31)29-21-15-19(25)7-8-20(21)22(32)6-3-11-30-12-9-23(33,10-13-30)17-4-2-5-18(14-17)24(26,27)28/h2,4-5,7-8,14-15,33H,3,6,9-13H2,1H3,(H,29,31). The Hall–Kier alpha value is -2.78. The molecule has 1 aliphatic heterocycles. The smallest absolute Gasteiger partial charge is 0.385 e. The lowest BCUT2D eigenvalue weighted by Gasteiger charge is -2.38. The number of piperidine rings is 1. The van der Waals surface area contributed by atoms with E-state index < -0.39 is 29.1 Å². The topological polar surface area (TPSA) is 69.6 Å². The van der Waals surface area contributed by atoms with Crippen molar-refractivity contribution in [3.63, 3.8) is 0 Å². The number of nitrogens with zero attached hydrogens (tertiary/aromatic N) is 1. The molecule has 0 bridgehead atoms. The van der Waals surface area contributed by atoms with E-state index in [0.29, 0.717) is 26.1 Å². The fourth-order valence-corrected chi connectivity index (χ4v) is 4.07. The van der Waals surface area contributed by atoms with Crippen molar-refractivity contribution in [1.29, 1.82) is 0 Å². The number of aliphatic hydroxyl groups is 1. The third kappa shape index (κ3) is 6.39. The summed E-state index contributed by atoms with van der Waals surface area (Å²) < 4.78 is 52.5. The second-order valence-corrected chi connectivity index (χ2v) is 8.35. The summed E-state index contributed by atoms with van der Waals surface area (Å²) in [5.74, 6) is -1.19. The lowest BCUT2D eigenvalue weighted by molar-refractivity contribution is -0.137. The summed E-state index contributed by atoms with van der Waals surface area (Å²) in [6.45, 7) is 2.81. The summed E-state index contributed by atoms with van der Waals surface area (Å²) in [5, 5.41) is 13.4. The van der Waals surface area contributed by atoms with Crippen LogP contribution in [0.15, 0.2) is 42.5 Å². The number of hydrogen-bond donors (Lipinski definition) is 2. The largest absolute Gasteiger partial charge is 0.416 e. The summed E-state index contributed by atoms with van der Waals surface area (Å²) in [6.07, 6.45) is -3.20. The zero-order valence-electron chi connectivity index (χ0n) is 18.2. The molecule has 0 radical (unpaired) electrons. The minimum atomic E-state index is -4.47. The van der Waals surface area contributed by atoms with Crippen molar-refractivity contribution in [2.75, 3.05) is 25.0 Å². The number of carbonyl (C=O) groups is 2. The minimum Gasteiger partial charge on any atom is -0.385 e. The fraction of sp³-hybridized carbons (Fsp3) is 0.417. The molecular weight excluding hydrogens is 440 g/mol. The number of halogens is 4. The van der Waals surface area contributed by atoms with Crippen LogP contribution in [-0.2, 0) is 16.6 Å². The van der Waals surface area contributed by atoms with Crippen LogP contribution in [-0.4, -0.2) is 41.3 Å². The molecule has 0 spiro atoms. The zero-order valence-corrected chi connectivity index (χ0v) is 18.2. The molecule has 33 heavy (non-hydrogen) atoms. The molecule has 178 valence electrons. The number of nitrogens with one attached hydrogen (secondary N) is 1. The average Bonchev–Trinajstić information content (AvgIpc) is 2.74. The van der Waals surface area contributed by atoms with Crippen molar-refractivity contribution in [3.8, 4) is 0 Å². The number of ketones is 1. The minimum absolute atomic E-state index is 0.136. The molecule has 2 aromatic rings. The average molecular weight is 466 g/mol. The maximum atomic E-state index is 13.5. The molecule has 1 saturated heterocycles. The summed E-state index contributed by atoms with van der Waals surface area (Å²) in [7, 11) is 0. The Kier molecular flexibility index (Phi) is 7.54. The van der Waals surface area contributed by atoms with E-state index in [9.17, 15) is 32.3 Å². The summed E-state index contributed by atoms with van der Waals surface area (Å²) >= 11 is 0. The van der Waals surface area contributed by atoms with E-state index in [1.54, 1.807) is 0 Å². The second-order valence-electron chi connectivity index (χ2n) is 8.35. The van der Waals surface area contributed by atoms with Crippen LogP contribution in [0.4, 0.5) is 23.2 Å². The molecule has 2 N–H and O–H groups in total.